The highest BCUT2D eigenvalue weighted by Crippen LogP contribution is 2.30. The maximum Gasteiger partial charge on any atom is 0.410 e. The third-order valence-corrected chi connectivity index (χ3v) is 6.02. The fraction of sp³-hybridized carbons (Fsp3) is 0.429. The van der Waals surface area contributed by atoms with Crippen LogP contribution in [0, 0.1) is 0 Å². The number of benzene rings is 1. The summed E-state index contributed by atoms with van der Waals surface area (Å²) >= 11 is 3.28. The predicted octanol–water partition coefficient (Wildman–Crippen LogP) is 3.34. The largest absolute Gasteiger partial charge is 0.444 e. The van der Waals surface area contributed by atoms with E-state index in [0.29, 0.717) is 25.9 Å². The second-order valence-corrected chi connectivity index (χ2v) is 8.64. The second kappa shape index (κ2) is 8.59. The van der Waals surface area contributed by atoms with Crippen LogP contribution in [0.3, 0.4) is 0 Å². The lowest BCUT2D eigenvalue weighted by Gasteiger charge is -2.33. The number of oxime groups is 1. The fourth-order valence-electron chi connectivity index (χ4n) is 3.81. The maximum absolute atomic E-state index is 12.9. The first-order valence-electron chi connectivity index (χ1n) is 9.90. The third-order valence-electron chi connectivity index (χ3n) is 5.55. The molecule has 0 spiro atoms. The summed E-state index contributed by atoms with van der Waals surface area (Å²) in [7, 11) is 0. The molecule has 30 heavy (non-hydrogen) atoms. The third kappa shape index (κ3) is 4.26. The molecule has 0 radical (unpaired) electrons. The smallest absolute Gasteiger partial charge is 0.410 e. The Labute approximate surface area is 182 Å². The van der Waals surface area contributed by atoms with Crippen LogP contribution in [0.4, 0.5) is 4.79 Å². The molecule has 2 amide bonds. The Morgan fingerprint density at radius 2 is 2.23 bits per heavy atom. The quantitative estimate of drug-likeness (QED) is 0.716. The molecular weight excluding hydrogens is 452 g/mol. The average Bonchev–Trinajstić information content (AvgIpc) is 3.36. The zero-order valence-corrected chi connectivity index (χ0v) is 18.2. The van der Waals surface area contributed by atoms with Crippen molar-refractivity contribution in [2.24, 2.45) is 5.16 Å². The van der Waals surface area contributed by atoms with Crippen molar-refractivity contribution in [2.75, 3.05) is 13.1 Å². The molecule has 0 saturated carbocycles. The highest BCUT2D eigenvalue weighted by Gasteiger charge is 2.46. The molecule has 1 aromatic heterocycles. The molecule has 8 nitrogen and oxygen atoms in total. The van der Waals surface area contributed by atoms with Crippen LogP contribution >= 0.6 is 15.9 Å². The average molecular weight is 475 g/mol. The van der Waals surface area contributed by atoms with Gasteiger partial charge < -0.3 is 14.9 Å². The number of nitrogens with one attached hydrogen (secondary N) is 1. The van der Waals surface area contributed by atoms with Crippen LogP contribution in [0.1, 0.15) is 31.7 Å². The summed E-state index contributed by atoms with van der Waals surface area (Å²) in [4.78, 5) is 36.7. The van der Waals surface area contributed by atoms with Gasteiger partial charge in [0.2, 0.25) is 5.91 Å². The van der Waals surface area contributed by atoms with Crippen molar-refractivity contribution >= 4 is 43.5 Å². The van der Waals surface area contributed by atoms with Gasteiger partial charge in [-0.3, -0.25) is 14.7 Å². The van der Waals surface area contributed by atoms with E-state index in [-0.39, 0.29) is 18.6 Å². The monoisotopic (exact) mass is 474 g/mol. The number of likely N-dealkylation sites (tertiary alicyclic amines) is 1. The lowest BCUT2D eigenvalue weighted by atomic mass is 9.98. The van der Waals surface area contributed by atoms with Crippen molar-refractivity contribution in [2.45, 2.75) is 44.4 Å². The van der Waals surface area contributed by atoms with Gasteiger partial charge in [-0.25, -0.2) is 4.79 Å². The minimum absolute atomic E-state index is 0.103. The van der Waals surface area contributed by atoms with E-state index in [1.54, 1.807) is 13.1 Å². The molecule has 2 aliphatic rings. The summed E-state index contributed by atoms with van der Waals surface area (Å²) in [5.41, 5.74) is 0.742. The molecule has 1 fully saturated rings. The Bertz CT molecular complexity index is 998. The number of hydrogen-bond donors (Lipinski definition) is 1. The molecule has 1 N–H and O–H groups in total. The molecule has 2 aromatic rings. The first-order chi connectivity index (χ1) is 14.5. The number of rotatable bonds is 5. The molecule has 0 aliphatic carbocycles. The van der Waals surface area contributed by atoms with Crippen molar-refractivity contribution in [1.29, 1.82) is 0 Å². The number of halogens is 1. The molecule has 158 valence electrons. The van der Waals surface area contributed by atoms with Crippen LogP contribution in [0.5, 0.6) is 0 Å². The summed E-state index contributed by atoms with van der Waals surface area (Å²) in [6.07, 6.45) is 2.94. The van der Waals surface area contributed by atoms with E-state index in [9.17, 15) is 9.59 Å². The van der Waals surface area contributed by atoms with Gasteiger partial charge in [0, 0.05) is 30.1 Å². The van der Waals surface area contributed by atoms with Crippen LogP contribution in [-0.2, 0) is 21.0 Å². The Morgan fingerprint density at radius 1 is 1.40 bits per heavy atom. The van der Waals surface area contributed by atoms with Gasteiger partial charge >= 0.3 is 6.09 Å². The van der Waals surface area contributed by atoms with E-state index in [0.717, 1.165) is 27.5 Å². The fourth-order valence-corrected chi connectivity index (χ4v) is 4.26. The Kier molecular flexibility index (Phi) is 5.90. The van der Waals surface area contributed by atoms with Crippen molar-refractivity contribution in [3.63, 3.8) is 0 Å². The summed E-state index contributed by atoms with van der Waals surface area (Å²) in [6.45, 7) is 2.69. The molecule has 1 aromatic carbocycles. The Balaban J connectivity index is 1.35. The minimum Gasteiger partial charge on any atom is -0.444 e. The summed E-state index contributed by atoms with van der Waals surface area (Å²) in [5.74, 6) is -0.212. The summed E-state index contributed by atoms with van der Waals surface area (Å²) in [5, 5.41) is 7.69. The first-order valence-corrected chi connectivity index (χ1v) is 10.7. The SMILES string of the molecule is C[C@@]1(C(=O)NC[C@@H]2CC(Br)=NO2)CCCN1C(=O)OCc1cnc2ccccc2c1. The zero-order valence-electron chi connectivity index (χ0n) is 16.6. The number of aromatic nitrogens is 1. The van der Waals surface area contributed by atoms with Crippen LogP contribution in [0.2, 0.25) is 0 Å². The van der Waals surface area contributed by atoms with E-state index in [1.807, 2.05) is 30.3 Å². The zero-order chi connectivity index (χ0) is 21.1. The normalized spacial score (nSPS) is 23.2. The number of hydrogen-bond acceptors (Lipinski definition) is 6. The molecule has 2 aliphatic heterocycles. The van der Waals surface area contributed by atoms with Gasteiger partial charge in [-0.05, 0) is 47.8 Å². The van der Waals surface area contributed by atoms with Gasteiger partial charge in [0.1, 0.15) is 16.8 Å². The van der Waals surface area contributed by atoms with Gasteiger partial charge in [0.15, 0.2) is 6.10 Å². The van der Waals surface area contributed by atoms with Crippen molar-refractivity contribution in [3.8, 4) is 0 Å². The number of amides is 2. The number of ether oxygens (including phenoxy) is 1. The van der Waals surface area contributed by atoms with Crippen LogP contribution < -0.4 is 5.32 Å². The Morgan fingerprint density at radius 3 is 3.03 bits per heavy atom. The molecule has 0 bridgehead atoms. The van der Waals surface area contributed by atoms with Crippen molar-refractivity contribution in [1.82, 2.24) is 15.2 Å². The maximum atomic E-state index is 12.9. The molecular formula is C21H23BrN4O4. The van der Waals surface area contributed by atoms with Crippen LogP contribution in [-0.4, -0.2) is 51.2 Å². The van der Waals surface area contributed by atoms with Gasteiger partial charge in [0.05, 0.1) is 12.1 Å². The van der Waals surface area contributed by atoms with Gasteiger partial charge in [-0.1, -0.05) is 23.4 Å². The molecule has 9 heteroatoms. The van der Waals surface area contributed by atoms with Crippen LogP contribution in [0.25, 0.3) is 10.9 Å². The topological polar surface area (TPSA) is 93.1 Å². The highest BCUT2D eigenvalue weighted by atomic mass is 79.9. The molecule has 2 atom stereocenters. The number of nitrogens with zero attached hydrogens (tertiary/aromatic N) is 3. The minimum atomic E-state index is -0.949. The van der Waals surface area contributed by atoms with Crippen LogP contribution in [0.15, 0.2) is 41.7 Å². The van der Waals surface area contributed by atoms with E-state index >= 15 is 0 Å². The summed E-state index contributed by atoms with van der Waals surface area (Å²) in [6, 6.07) is 9.72. The summed E-state index contributed by atoms with van der Waals surface area (Å²) < 4.78 is 6.24. The van der Waals surface area contributed by atoms with E-state index in [4.69, 9.17) is 9.57 Å². The molecule has 3 heterocycles. The molecule has 0 unspecified atom stereocenters. The standard InChI is InChI=1S/C21H23BrN4O4/c1-21(19(27)24-12-16-10-18(22)25-30-16)7-4-8-26(21)20(28)29-13-14-9-15-5-2-3-6-17(15)23-11-14/h2-3,5-6,9,11,16H,4,7-8,10,12-13H2,1H3,(H,24,27)/t16-,21-/m0/s1. The number of carbonyl (C=O) groups is 2. The van der Waals surface area contributed by atoms with Gasteiger partial charge in [-0.15, -0.1) is 0 Å². The van der Waals surface area contributed by atoms with E-state index in [2.05, 4.69) is 31.4 Å². The predicted molar refractivity (Wildman–Crippen MR) is 115 cm³/mol. The van der Waals surface area contributed by atoms with Gasteiger partial charge in [-0.2, -0.15) is 0 Å². The number of carbonyl (C=O) groups excluding carboxylic acids is 2. The Hall–Kier alpha value is -2.68. The first kappa shape index (κ1) is 20.6. The van der Waals surface area contributed by atoms with Crippen molar-refractivity contribution in [3.05, 3.63) is 42.1 Å². The number of fused-ring (bicyclic) bond motifs is 1. The number of pyridine rings is 1. The van der Waals surface area contributed by atoms with E-state index < -0.39 is 11.6 Å². The van der Waals surface area contributed by atoms with Gasteiger partial charge in [0.25, 0.3) is 0 Å². The second-order valence-electron chi connectivity index (χ2n) is 7.73. The molecule has 4 rings (SSSR count). The highest BCUT2D eigenvalue weighted by molar-refractivity contribution is 9.18. The number of para-hydroxylation sites is 1. The lowest BCUT2D eigenvalue weighted by Crippen LogP contribution is -2.56. The molecule has 1 saturated heterocycles. The lowest BCUT2D eigenvalue weighted by molar-refractivity contribution is -0.131. The van der Waals surface area contributed by atoms with E-state index in [1.165, 1.54) is 4.90 Å². The van der Waals surface area contributed by atoms with Crippen molar-refractivity contribution < 1.29 is 19.2 Å².